The van der Waals surface area contributed by atoms with E-state index in [9.17, 15) is 9.59 Å². The highest BCUT2D eigenvalue weighted by Crippen LogP contribution is 2.12. The molecule has 2 heteroatoms. The summed E-state index contributed by atoms with van der Waals surface area (Å²) in [4.78, 5) is 23.7. The van der Waals surface area contributed by atoms with Crippen molar-refractivity contribution in [3.63, 3.8) is 0 Å². The highest BCUT2D eigenvalue weighted by atomic mass is 16.1. The number of unbranched alkanes of at least 4 members (excludes halogenated alkanes) is 7. The monoisotopic (exact) mass is 573 g/mol. The highest BCUT2D eigenvalue weighted by Gasteiger charge is 2.16. The molecule has 0 aliphatic carbocycles. The first kappa shape index (κ1) is 39.3. The lowest BCUT2D eigenvalue weighted by molar-refractivity contribution is -0.121. The summed E-state index contributed by atoms with van der Waals surface area (Å²) in [5.74, 6) is -0.565. The quantitative estimate of drug-likeness (QED) is 0.0506. The maximum absolute atomic E-state index is 12.4. The molecule has 0 amide bonds. The molecule has 0 aliphatic heterocycles. The molecule has 0 spiro atoms. The van der Waals surface area contributed by atoms with Gasteiger partial charge in [0.1, 0.15) is 5.78 Å². The van der Waals surface area contributed by atoms with Crippen molar-refractivity contribution in [2.75, 3.05) is 0 Å². The van der Waals surface area contributed by atoms with Crippen LogP contribution in [0.4, 0.5) is 0 Å². The van der Waals surface area contributed by atoms with Crippen molar-refractivity contribution in [1.82, 2.24) is 0 Å². The van der Waals surface area contributed by atoms with E-state index in [1.165, 1.54) is 51.4 Å². The Morgan fingerprint density at radius 3 is 1.17 bits per heavy atom. The summed E-state index contributed by atoms with van der Waals surface area (Å²) in [6.07, 6.45) is 56.4. The average molecular weight is 574 g/mol. The van der Waals surface area contributed by atoms with Crippen molar-refractivity contribution >= 4 is 12.1 Å². The van der Waals surface area contributed by atoms with Crippen molar-refractivity contribution in [3.8, 4) is 0 Å². The fourth-order valence-electron chi connectivity index (χ4n) is 4.24. The summed E-state index contributed by atoms with van der Waals surface area (Å²) < 4.78 is 0. The van der Waals surface area contributed by atoms with E-state index in [0.29, 0.717) is 12.8 Å². The number of allylic oxidation sites excluding steroid dienone is 16. The molecule has 42 heavy (non-hydrogen) atoms. The summed E-state index contributed by atoms with van der Waals surface area (Å²) in [7, 11) is 0. The standard InChI is InChI=1S/C40H61O2/c1-3-5-7-9-11-13-15-17-19-21-23-25-27-29-31-33-35-37-40(42)39(38-41)36-34-32-30-28-26-24-22-20-18-16-14-12-10-8-6-4-2/h11-14,17-20,23-26,29-32,39H,3-10,15-16,21-22,27-28,33-37H2,1-2H3/b13-11?,14-12-,19-17?,20-18-,25-23?,26-24-,31-29?,32-30-. The summed E-state index contributed by atoms with van der Waals surface area (Å²) >= 11 is 0. The number of hydrogen-bond acceptors (Lipinski definition) is 2. The number of carbonyl (C=O) groups is 1. The van der Waals surface area contributed by atoms with E-state index in [1.54, 1.807) is 0 Å². The molecule has 0 bridgehead atoms. The second kappa shape index (κ2) is 34.5. The molecule has 0 aromatic carbocycles. The Kier molecular flexibility index (Phi) is 32.2. The second-order valence-electron chi connectivity index (χ2n) is 10.8. The van der Waals surface area contributed by atoms with E-state index in [0.717, 1.165) is 57.8 Å². The average Bonchev–Trinajstić information content (AvgIpc) is 3.00. The van der Waals surface area contributed by atoms with Crippen LogP contribution in [0.15, 0.2) is 97.2 Å². The van der Waals surface area contributed by atoms with E-state index >= 15 is 0 Å². The summed E-state index contributed by atoms with van der Waals surface area (Å²) in [6.45, 7) is 4.47. The minimum atomic E-state index is -0.590. The van der Waals surface area contributed by atoms with Crippen molar-refractivity contribution in [3.05, 3.63) is 97.2 Å². The van der Waals surface area contributed by atoms with Gasteiger partial charge in [-0.2, -0.15) is 0 Å². The summed E-state index contributed by atoms with van der Waals surface area (Å²) in [5, 5.41) is 0. The molecule has 0 aromatic rings. The van der Waals surface area contributed by atoms with Gasteiger partial charge in [-0.1, -0.05) is 137 Å². The van der Waals surface area contributed by atoms with Crippen LogP contribution < -0.4 is 0 Å². The zero-order valence-corrected chi connectivity index (χ0v) is 27.1. The van der Waals surface area contributed by atoms with E-state index < -0.39 is 5.92 Å². The number of ketones is 1. The predicted octanol–water partition coefficient (Wildman–Crippen LogP) is 12.2. The molecule has 0 fully saturated rings. The summed E-state index contributed by atoms with van der Waals surface area (Å²) in [5.41, 5.74) is 0. The van der Waals surface area contributed by atoms with Crippen LogP contribution in [0.3, 0.4) is 0 Å². The van der Waals surface area contributed by atoms with Crippen LogP contribution in [0.2, 0.25) is 0 Å². The first-order valence-corrected chi connectivity index (χ1v) is 16.9. The van der Waals surface area contributed by atoms with E-state index in [2.05, 4.69) is 111 Å². The van der Waals surface area contributed by atoms with Crippen LogP contribution >= 0.6 is 0 Å². The van der Waals surface area contributed by atoms with Crippen LogP contribution in [0.5, 0.6) is 0 Å². The number of hydrogen-bond donors (Lipinski definition) is 0. The van der Waals surface area contributed by atoms with Gasteiger partial charge in [-0.25, -0.2) is 0 Å². The third kappa shape index (κ3) is 30.2. The van der Waals surface area contributed by atoms with Gasteiger partial charge in [0.25, 0.3) is 0 Å². The van der Waals surface area contributed by atoms with Gasteiger partial charge >= 0.3 is 0 Å². The lowest BCUT2D eigenvalue weighted by atomic mass is 9.96. The largest absolute Gasteiger partial charge is 0.299 e. The molecule has 0 saturated heterocycles. The topological polar surface area (TPSA) is 34.1 Å². The Morgan fingerprint density at radius 1 is 0.476 bits per heavy atom. The lowest BCUT2D eigenvalue weighted by Crippen LogP contribution is -2.15. The number of Topliss-reactive ketones (excluding diaryl/α,β-unsaturated/α-hetero) is 1. The van der Waals surface area contributed by atoms with Crippen molar-refractivity contribution in [2.45, 2.75) is 136 Å². The van der Waals surface area contributed by atoms with Crippen molar-refractivity contribution < 1.29 is 9.59 Å². The molecular weight excluding hydrogens is 512 g/mol. The Labute approximate surface area is 260 Å². The molecule has 233 valence electrons. The van der Waals surface area contributed by atoms with E-state index in [1.807, 2.05) is 6.29 Å². The van der Waals surface area contributed by atoms with Gasteiger partial charge in [-0.15, -0.1) is 0 Å². The lowest BCUT2D eigenvalue weighted by Gasteiger charge is -2.06. The van der Waals surface area contributed by atoms with Crippen molar-refractivity contribution in [2.24, 2.45) is 5.92 Å². The zero-order valence-electron chi connectivity index (χ0n) is 27.1. The van der Waals surface area contributed by atoms with Crippen LogP contribution in [0, 0.1) is 5.92 Å². The minimum absolute atomic E-state index is 0.0248. The maximum atomic E-state index is 12.4. The first-order chi connectivity index (χ1) is 20.8. The van der Waals surface area contributed by atoms with Gasteiger partial charge < -0.3 is 0 Å². The molecule has 0 N–H and O–H groups in total. The van der Waals surface area contributed by atoms with Crippen molar-refractivity contribution in [1.29, 1.82) is 0 Å². The second-order valence-corrected chi connectivity index (χ2v) is 10.8. The normalized spacial score (nSPS) is 13.7. The molecule has 1 atom stereocenters. The maximum Gasteiger partial charge on any atom is 0.209 e. The molecule has 2 nitrogen and oxygen atoms in total. The van der Waals surface area contributed by atoms with Gasteiger partial charge in [0.2, 0.25) is 6.29 Å². The highest BCUT2D eigenvalue weighted by molar-refractivity contribution is 5.93. The smallest absolute Gasteiger partial charge is 0.209 e. The Bertz CT molecular complexity index is 847. The molecule has 0 heterocycles. The van der Waals surface area contributed by atoms with Gasteiger partial charge in [-0.3, -0.25) is 9.59 Å². The third-order valence-electron chi connectivity index (χ3n) is 6.86. The summed E-state index contributed by atoms with van der Waals surface area (Å²) in [6, 6.07) is 0. The molecular formula is C40H61O2. The number of rotatable bonds is 29. The van der Waals surface area contributed by atoms with E-state index in [-0.39, 0.29) is 5.78 Å². The molecule has 0 rings (SSSR count). The van der Waals surface area contributed by atoms with Crippen LogP contribution in [0.1, 0.15) is 136 Å². The van der Waals surface area contributed by atoms with Gasteiger partial charge in [0.15, 0.2) is 0 Å². The molecule has 1 unspecified atom stereocenters. The molecule has 0 saturated carbocycles. The van der Waals surface area contributed by atoms with Gasteiger partial charge in [0.05, 0.1) is 5.92 Å². The van der Waals surface area contributed by atoms with Gasteiger partial charge in [-0.05, 0) is 89.9 Å². The zero-order chi connectivity index (χ0) is 30.6. The fraction of sp³-hybridized carbons (Fsp3) is 0.550. The van der Waals surface area contributed by atoms with E-state index in [4.69, 9.17) is 0 Å². The first-order valence-electron chi connectivity index (χ1n) is 16.9. The minimum Gasteiger partial charge on any atom is -0.299 e. The van der Waals surface area contributed by atoms with Crippen LogP contribution in [0.25, 0.3) is 0 Å². The predicted molar refractivity (Wildman–Crippen MR) is 186 cm³/mol. The third-order valence-corrected chi connectivity index (χ3v) is 6.86. The fourth-order valence-corrected chi connectivity index (χ4v) is 4.24. The Balaban J connectivity index is 3.81. The number of carbonyl (C=O) groups excluding carboxylic acids is 2. The van der Waals surface area contributed by atoms with Crippen LogP contribution in [-0.2, 0) is 9.59 Å². The Hall–Kier alpha value is -2.74. The molecule has 0 aromatic heterocycles. The Morgan fingerprint density at radius 2 is 0.810 bits per heavy atom. The molecule has 0 aliphatic rings. The molecule has 1 radical (unpaired) electrons. The SMILES string of the molecule is CCCCCC=CCC=CCC=CCC=CCCCC(=O)C([C]=O)CC/C=C\C/C=C\C/C=C\C/C=C\CCCCC. The van der Waals surface area contributed by atoms with Crippen LogP contribution in [-0.4, -0.2) is 12.1 Å². The van der Waals surface area contributed by atoms with Gasteiger partial charge in [0, 0.05) is 6.42 Å².